The van der Waals surface area contributed by atoms with Crippen LogP contribution in [0.3, 0.4) is 0 Å². The Labute approximate surface area is 356 Å². The van der Waals surface area contributed by atoms with Crippen LogP contribution in [-0.2, 0) is 5.41 Å². The molecule has 0 saturated heterocycles. The summed E-state index contributed by atoms with van der Waals surface area (Å²) in [4.78, 5) is 4.71. The lowest BCUT2D eigenvalue weighted by Crippen LogP contribution is -2.32. The van der Waals surface area contributed by atoms with Crippen LogP contribution in [0.4, 0.5) is 17.1 Å². The van der Waals surface area contributed by atoms with Gasteiger partial charge in [0.15, 0.2) is 0 Å². The number of hydrogen-bond donors (Lipinski definition) is 0. The summed E-state index contributed by atoms with van der Waals surface area (Å²) in [7, 11) is 0. The monoisotopic (exact) mass is 792 g/mol. The Kier molecular flexibility index (Phi) is 6.08. The fraction of sp³-hybridized carbons (Fsp3) is 0.0182. The molecule has 0 bridgehead atoms. The summed E-state index contributed by atoms with van der Waals surface area (Å²) in [6, 6.07) is 58.7. The van der Waals surface area contributed by atoms with E-state index in [1.165, 1.54) is 63.3 Å². The lowest BCUT2D eigenvalue weighted by Gasteiger charge is -2.40. The molecule has 0 fully saturated rings. The SMILES string of the molecule is [2H]c1c([2H])c([2H])c(-c2cccc3oc4ccc(N(c5ccc6c(c5)Sc5ccccc5C65c6ccccc6-c6ccccc65)c5ccc6c(c5)sc5ccccc56)cc4c23)c([2H])c1[2H]. The summed E-state index contributed by atoms with van der Waals surface area (Å²) < 4.78 is 51.9. The zero-order chi connectivity index (χ0) is 43.0. The molecule has 13 rings (SSSR count). The van der Waals surface area contributed by atoms with E-state index in [0.717, 1.165) is 22.4 Å². The van der Waals surface area contributed by atoms with Gasteiger partial charge in [-0.25, -0.2) is 0 Å². The van der Waals surface area contributed by atoms with Crippen LogP contribution in [0.2, 0.25) is 0 Å². The summed E-state index contributed by atoms with van der Waals surface area (Å²) in [6.07, 6.45) is 0. The summed E-state index contributed by atoms with van der Waals surface area (Å²) in [5, 5.41) is 3.92. The van der Waals surface area contributed by atoms with Gasteiger partial charge in [-0.15, -0.1) is 11.3 Å². The van der Waals surface area contributed by atoms with E-state index in [2.05, 4.69) is 150 Å². The number of hydrogen-bond acceptors (Lipinski definition) is 4. The fourth-order valence-corrected chi connectivity index (χ4v) is 12.2. The Morgan fingerprint density at radius 2 is 1.10 bits per heavy atom. The number of nitrogens with zero attached hydrogens (tertiary/aromatic N) is 1. The van der Waals surface area contributed by atoms with Crippen LogP contribution >= 0.6 is 23.1 Å². The minimum absolute atomic E-state index is 0.146. The lowest BCUT2D eigenvalue weighted by molar-refractivity contribution is 0.669. The highest BCUT2D eigenvalue weighted by atomic mass is 32.2. The van der Waals surface area contributed by atoms with E-state index in [9.17, 15) is 0 Å². The number of benzene rings is 9. The molecule has 0 saturated carbocycles. The second-order valence-corrected chi connectivity index (χ2v) is 17.4. The van der Waals surface area contributed by atoms with Gasteiger partial charge in [0.05, 0.1) is 12.3 Å². The minimum Gasteiger partial charge on any atom is -0.456 e. The van der Waals surface area contributed by atoms with Gasteiger partial charge >= 0.3 is 0 Å². The van der Waals surface area contributed by atoms with Crippen molar-refractivity contribution in [2.24, 2.45) is 0 Å². The predicted octanol–water partition coefficient (Wildman–Crippen LogP) is 15.9. The van der Waals surface area contributed by atoms with Crippen molar-refractivity contribution in [3.8, 4) is 22.3 Å². The Hall–Kier alpha value is -6.85. The fourth-order valence-electron chi connectivity index (χ4n) is 9.84. The summed E-state index contributed by atoms with van der Waals surface area (Å²) in [5.74, 6) is 0. The van der Waals surface area contributed by atoms with Gasteiger partial charge in [-0.05, 0) is 105 Å². The molecule has 11 aromatic rings. The quantitative estimate of drug-likeness (QED) is 0.177. The zero-order valence-corrected chi connectivity index (χ0v) is 33.0. The van der Waals surface area contributed by atoms with Crippen molar-refractivity contribution in [3.63, 3.8) is 0 Å². The molecule has 1 spiro atoms. The van der Waals surface area contributed by atoms with Crippen LogP contribution < -0.4 is 4.90 Å². The van der Waals surface area contributed by atoms with Gasteiger partial charge in [-0.1, -0.05) is 151 Å². The molecule has 0 N–H and O–H groups in total. The standard InChI is InChI=1S/C55H33NOS2/c1-2-13-34(14-3-1)38-18-12-22-49-54(38)43-31-35(27-30-48(43)57-49)56(36-25-28-42-41-17-6-10-23-50(41)58-52(42)32-36)37-26-29-47-53(33-37)59-51-24-11-9-21-46(51)55(47)44-19-7-4-15-39(44)40-16-5-8-20-45(40)55/h1-33H/i1D,2D,3D,13D,14D. The van der Waals surface area contributed by atoms with Crippen molar-refractivity contribution in [3.05, 3.63) is 222 Å². The predicted molar refractivity (Wildman–Crippen MR) is 248 cm³/mol. The molecule has 4 heteroatoms. The van der Waals surface area contributed by atoms with Crippen molar-refractivity contribution in [2.45, 2.75) is 15.2 Å². The third-order valence-electron chi connectivity index (χ3n) is 12.2. The molecule has 2 aromatic heterocycles. The summed E-state index contributed by atoms with van der Waals surface area (Å²) in [6.45, 7) is 0. The summed E-state index contributed by atoms with van der Waals surface area (Å²) in [5.41, 5.74) is 11.9. The average molecular weight is 793 g/mol. The van der Waals surface area contributed by atoms with Gasteiger partial charge in [0, 0.05) is 57.8 Å². The highest BCUT2D eigenvalue weighted by Gasteiger charge is 2.50. The Bertz CT molecular complexity index is 3740. The minimum atomic E-state index is -0.502. The molecular formula is C55H33NOS2. The van der Waals surface area contributed by atoms with E-state index >= 15 is 0 Å². The number of furan rings is 1. The maximum Gasteiger partial charge on any atom is 0.136 e. The highest BCUT2D eigenvalue weighted by Crippen LogP contribution is 2.62. The van der Waals surface area contributed by atoms with Crippen LogP contribution in [0, 0.1) is 0 Å². The molecule has 0 radical (unpaired) electrons. The van der Waals surface area contributed by atoms with E-state index in [1.54, 1.807) is 11.3 Å². The van der Waals surface area contributed by atoms with Gasteiger partial charge in [0.2, 0.25) is 0 Å². The van der Waals surface area contributed by atoms with E-state index in [-0.39, 0.29) is 29.7 Å². The topological polar surface area (TPSA) is 16.4 Å². The van der Waals surface area contributed by atoms with Crippen LogP contribution in [0.15, 0.2) is 214 Å². The molecule has 0 unspecified atom stereocenters. The lowest BCUT2D eigenvalue weighted by atomic mass is 9.67. The van der Waals surface area contributed by atoms with Gasteiger partial charge in [0.1, 0.15) is 11.2 Å². The Balaban J connectivity index is 1.06. The van der Waals surface area contributed by atoms with Gasteiger partial charge in [-0.3, -0.25) is 0 Å². The van der Waals surface area contributed by atoms with Crippen molar-refractivity contribution in [1.29, 1.82) is 0 Å². The molecule has 2 aliphatic rings. The van der Waals surface area contributed by atoms with Crippen LogP contribution in [0.1, 0.15) is 29.1 Å². The second-order valence-electron chi connectivity index (χ2n) is 15.2. The maximum absolute atomic E-state index is 8.90. The molecular weight excluding hydrogens is 755 g/mol. The largest absolute Gasteiger partial charge is 0.456 e. The summed E-state index contributed by atoms with van der Waals surface area (Å²) >= 11 is 3.60. The molecule has 59 heavy (non-hydrogen) atoms. The van der Waals surface area contributed by atoms with E-state index in [1.807, 2.05) is 36.0 Å². The third kappa shape index (κ3) is 4.70. The second kappa shape index (κ2) is 12.6. The number of fused-ring (bicyclic) bond motifs is 15. The number of rotatable bonds is 4. The highest BCUT2D eigenvalue weighted by molar-refractivity contribution is 7.99. The first-order valence-electron chi connectivity index (χ1n) is 22.2. The zero-order valence-electron chi connectivity index (χ0n) is 36.3. The molecule has 0 atom stereocenters. The van der Waals surface area contributed by atoms with Crippen molar-refractivity contribution < 1.29 is 11.3 Å². The van der Waals surface area contributed by atoms with E-state index < -0.39 is 11.5 Å². The van der Waals surface area contributed by atoms with Gasteiger partial charge < -0.3 is 9.32 Å². The van der Waals surface area contributed by atoms with Crippen LogP contribution in [-0.4, -0.2) is 0 Å². The van der Waals surface area contributed by atoms with E-state index in [4.69, 9.17) is 11.3 Å². The van der Waals surface area contributed by atoms with Gasteiger partial charge in [-0.2, -0.15) is 0 Å². The maximum atomic E-state index is 8.90. The molecule has 0 amide bonds. The molecule has 9 aromatic carbocycles. The first-order valence-corrected chi connectivity index (χ1v) is 21.3. The van der Waals surface area contributed by atoms with Crippen molar-refractivity contribution >= 4 is 82.3 Å². The first kappa shape index (κ1) is 28.5. The van der Waals surface area contributed by atoms with Crippen molar-refractivity contribution in [1.82, 2.24) is 0 Å². The number of anilines is 3. The van der Waals surface area contributed by atoms with Gasteiger partial charge in [0.25, 0.3) is 0 Å². The van der Waals surface area contributed by atoms with Crippen LogP contribution in [0.25, 0.3) is 64.4 Å². The van der Waals surface area contributed by atoms with Crippen molar-refractivity contribution in [2.75, 3.05) is 4.90 Å². The molecule has 2 nitrogen and oxygen atoms in total. The van der Waals surface area contributed by atoms with Crippen LogP contribution in [0.5, 0.6) is 0 Å². The molecule has 1 aliphatic heterocycles. The first-order chi connectivity index (χ1) is 31.3. The molecule has 1 aliphatic carbocycles. The van der Waals surface area contributed by atoms with E-state index in [0.29, 0.717) is 22.1 Å². The third-order valence-corrected chi connectivity index (χ3v) is 14.5. The average Bonchev–Trinajstić information content (AvgIpc) is 3.99. The smallest absolute Gasteiger partial charge is 0.136 e. The molecule has 3 heterocycles. The molecule has 276 valence electrons. The Morgan fingerprint density at radius 1 is 0.458 bits per heavy atom. The Morgan fingerprint density at radius 3 is 1.95 bits per heavy atom. The number of thiophene rings is 1. The normalized spacial score (nSPS) is 14.7.